The van der Waals surface area contributed by atoms with Gasteiger partial charge in [-0.1, -0.05) is 0 Å². The van der Waals surface area contributed by atoms with Gasteiger partial charge in [0.1, 0.15) is 0 Å². The van der Waals surface area contributed by atoms with E-state index in [0.29, 0.717) is 32.2 Å². The van der Waals surface area contributed by atoms with E-state index < -0.39 is 10.2 Å². The second-order valence-corrected chi connectivity index (χ2v) is 6.40. The summed E-state index contributed by atoms with van der Waals surface area (Å²) in [5.41, 5.74) is 0. The molecule has 1 saturated carbocycles. The largest absolute Gasteiger partial charge is 0.353 e. The van der Waals surface area contributed by atoms with Gasteiger partial charge in [-0.25, -0.2) is 4.72 Å². The van der Waals surface area contributed by atoms with E-state index in [1.54, 1.807) is 0 Å². The fourth-order valence-corrected chi connectivity index (χ4v) is 3.00. The topological polar surface area (TPSA) is 90.5 Å². The number of carbonyl (C=O) groups excluding carboxylic acids is 1. The molecular formula is C10H20N4O3S. The summed E-state index contributed by atoms with van der Waals surface area (Å²) in [7, 11) is -3.43. The van der Waals surface area contributed by atoms with Crippen LogP contribution in [0.2, 0.25) is 0 Å². The second-order valence-electron chi connectivity index (χ2n) is 4.64. The summed E-state index contributed by atoms with van der Waals surface area (Å²) < 4.78 is 27.6. The highest BCUT2D eigenvalue weighted by atomic mass is 32.2. The maximum absolute atomic E-state index is 11.9. The molecule has 1 heterocycles. The van der Waals surface area contributed by atoms with Crippen molar-refractivity contribution in [2.75, 3.05) is 32.7 Å². The van der Waals surface area contributed by atoms with Crippen molar-refractivity contribution in [3.8, 4) is 0 Å². The average Bonchev–Trinajstić information content (AvgIpc) is 3.14. The lowest BCUT2D eigenvalue weighted by molar-refractivity contribution is -0.121. The molecule has 1 saturated heterocycles. The molecule has 0 aromatic rings. The predicted octanol–water partition coefficient (Wildman–Crippen LogP) is -1.61. The zero-order valence-electron chi connectivity index (χ0n) is 10.3. The van der Waals surface area contributed by atoms with Crippen molar-refractivity contribution < 1.29 is 13.2 Å². The molecule has 2 rings (SSSR count). The minimum Gasteiger partial charge on any atom is -0.353 e. The third kappa shape index (κ3) is 4.20. The first-order valence-electron chi connectivity index (χ1n) is 6.33. The molecule has 7 nitrogen and oxygen atoms in total. The summed E-state index contributed by atoms with van der Waals surface area (Å²) in [5, 5.41) is 5.91. The van der Waals surface area contributed by atoms with Crippen LogP contribution < -0.4 is 15.4 Å². The Labute approximate surface area is 107 Å². The number of carbonyl (C=O) groups is 1. The quantitative estimate of drug-likeness (QED) is 0.545. The number of nitrogens with one attached hydrogen (secondary N) is 3. The first-order chi connectivity index (χ1) is 8.58. The van der Waals surface area contributed by atoms with Gasteiger partial charge in [0.2, 0.25) is 5.91 Å². The lowest BCUT2D eigenvalue weighted by Crippen LogP contribution is -2.50. The normalized spacial score (nSPS) is 21.8. The Morgan fingerprint density at radius 3 is 2.56 bits per heavy atom. The zero-order valence-corrected chi connectivity index (χ0v) is 11.1. The predicted molar refractivity (Wildman–Crippen MR) is 67.1 cm³/mol. The molecule has 2 aliphatic rings. The highest BCUT2D eigenvalue weighted by Gasteiger charge is 2.25. The molecule has 1 aliphatic carbocycles. The standard InChI is InChI=1S/C10H20N4O3S/c15-10(13-9-1-2-9)3-4-12-18(16,17)14-7-5-11-6-8-14/h9,11-12H,1-8H2,(H,13,15). The van der Waals surface area contributed by atoms with Gasteiger partial charge in [-0.05, 0) is 12.8 Å². The third-order valence-corrected chi connectivity index (χ3v) is 4.61. The monoisotopic (exact) mass is 276 g/mol. The minimum absolute atomic E-state index is 0.0829. The van der Waals surface area contributed by atoms with E-state index in [9.17, 15) is 13.2 Å². The van der Waals surface area contributed by atoms with Gasteiger partial charge < -0.3 is 10.6 Å². The summed E-state index contributed by atoms with van der Waals surface area (Å²) in [4.78, 5) is 11.4. The first kappa shape index (κ1) is 13.7. The molecule has 2 fully saturated rings. The van der Waals surface area contributed by atoms with Crippen LogP contribution in [0.1, 0.15) is 19.3 Å². The third-order valence-electron chi connectivity index (χ3n) is 2.99. The van der Waals surface area contributed by atoms with E-state index in [0.717, 1.165) is 12.8 Å². The van der Waals surface area contributed by atoms with Crippen LogP contribution in [0.3, 0.4) is 0 Å². The van der Waals surface area contributed by atoms with Crippen LogP contribution in [0.15, 0.2) is 0 Å². The molecule has 104 valence electrons. The molecule has 0 aromatic carbocycles. The van der Waals surface area contributed by atoms with Crippen molar-refractivity contribution >= 4 is 16.1 Å². The molecule has 0 unspecified atom stereocenters. The van der Waals surface area contributed by atoms with Crippen LogP contribution in [0.25, 0.3) is 0 Å². The van der Waals surface area contributed by atoms with E-state index in [4.69, 9.17) is 0 Å². The Morgan fingerprint density at radius 2 is 1.94 bits per heavy atom. The van der Waals surface area contributed by atoms with Crippen molar-refractivity contribution in [2.24, 2.45) is 0 Å². The van der Waals surface area contributed by atoms with E-state index in [1.807, 2.05) is 0 Å². The van der Waals surface area contributed by atoms with Crippen molar-refractivity contribution in [1.29, 1.82) is 0 Å². The van der Waals surface area contributed by atoms with Crippen molar-refractivity contribution in [3.63, 3.8) is 0 Å². The van der Waals surface area contributed by atoms with Crippen molar-refractivity contribution in [1.82, 2.24) is 19.7 Å². The van der Waals surface area contributed by atoms with Crippen LogP contribution in [0.4, 0.5) is 0 Å². The highest BCUT2D eigenvalue weighted by molar-refractivity contribution is 7.87. The molecule has 0 atom stereocenters. The molecule has 0 radical (unpaired) electrons. The van der Waals surface area contributed by atoms with Crippen molar-refractivity contribution in [3.05, 3.63) is 0 Å². The highest BCUT2D eigenvalue weighted by Crippen LogP contribution is 2.18. The molecule has 3 N–H and O–H groups in total. The molecule has 0 bridgehead atoms. The Kier molecular flexibility index (Phi) is 4.55. The Morgan fingerprint density at radius 1 is 1.28 bits per heavy atom. The Bertz CT molecular complexity index is 388. The number of amides is 1. The van der Waals surface area contributed by atoms with Crippen LogP contribution in [0.5, 0.6) is 0 Å². The smallest absolute Gasteiger partial charge is 0.279 e. The number of hydrogen-bond acceptors (Lipinski definition) is 4. The molecular weight excluding hydrogens is 256 g/mol. The lowest BCUT2D eigenvalue weighted by atomic mass is 10.4. The summed E-state index contributed by atoms with van der Waals surface area (Å²) in [6.45, 7) is 2.45. The Balaban J connectivity index is 1.68. The number of rotatable bonds is 6. The number of hydrogen-bond donors (Lipinski definition) is 3. The lowest BCUT2D eigenvalue weighted by Gasteiger charge is -2.26. The zero-order chi connectivity index (χ0) is 13.0. The SMILES string of the molecule is O=C(CCNS(=O)(=O)N1CCNCC1)NC1CC1. The summed E-state index contributed by atoms with van der Waals surface area (Å²) in [6, 6.07) is 0.322. The van der Waals surface area contributed by atoms with E-state index in [-0.39, 0.29) is 18.9 Å². The van der Waals surface area contributed by atoms with Gasteiger partial charge in [0.05, 0.1) is 0 Å². The van der Waals surface area contributed by atoms with Gasteiger partial charge in [0.15, 0.2) is 0 Å². The number of piperazine rings is 1. The summed E-state index contributed by atoms with van der Waals surface area (Å²) >= 11 is 0. The van der Waals surface area contributed by atoms with Crippen molar-refractivity contribution in [2.45, 2.75) is 25.3 Å². The van der Waals surface area contributed by atoms with Crippen LogP contribution in [0, 0.1) is 0 Å². The molecule has 0 aromatic heterocycles. The van der Waals surface area contributed by atoms with Crippen LogP contribution in [-0.4, -0.2) is 57.4 Å². The fourth-order valence-electron chi connectivity index (χ4n) is 1.80. The molecule has 1 amide bonds. The molecule has 1 aliphatic heterocycles. The number of nitrogens with zero attached hydrogens (tertiary/aromatic N) is 1. The van der Waals surface area contributed by atoms with Crippen LogP contribution in [-0.2, 0) is 15.0 Å². The van der Waals surface area contributed by atoms with Crippen LogP contribution >= 0.6 is 0 Å². The minimum atomic E-state index is -3.43. The Hall–Kier alpha value is -0.700. The average molecular weight is 276 g/mol. The van der Waals surface area contributed by atoms with E-state index in [1.165, 1.54) is 4.31 Å². The van der Waals surface area contributed by atoms with Gasteiger partial charge in [-0.2, -0.15) is 12.7 Å². The second kappa shape index (κ2) is 5.96. The summed E-state index contributed by atoms with van der Waals surface area (Å²) in [5.74, 6) is -0.0829. The molecule has 0 spiro atoms. The molecule has 18 heavy (non-hydrogen) atoms. The van der Waals surface area contributed by atoms with Gasteiger partial charge in [0, 0.05) is 45.2 Å². The van der Waals surface area contributed by atoms with Gasteiger partial charge in [-0.3, -0.25) is 4.79 Å². The van der Waals surface area contributed by atoms with E-state index in [2.05, 4.69) is 15.4 Å². The fraction of sp³-hybridized carbons (Fsp3) is 0.900. The first-order valence-corrected chi connectivity index (χ1v) is 7.77. The maximum atomic E-state index is 11.9. The van der Waals surface area contributed by atoms with E-state index >= 15 is 0 Å². The van der Waals surface area contributed by atoms with Gasteiger partial charge in [0.25, 0.3) is 10.2 Å². The van der Waals surface area contributed by atoms with Gasteiger partial charge in [-0.15, -0.1) is 0 Å². The maximum Gasteiger partial charge on any atom is 0.279 e. The molecule has 8 heteroatoms. The summed E-state index contributed by atoms with van der Waals surface area (Å²) in [6.07, 6.45) is 2.28. The van der Waals surface area contributed by atoms with Gasteiger partial charge >= 0.3 is 0 Å².